The van der Waals surface area contributed by atoms with Crippen LogP contribution in [-0.4, -0.2) is 93.6 Å². The zero-order valence-corrected chi connectivity index (χ0v) is 31.3. The summed E-state index contributed by atoms with van der Waals surface area (Å²) in [5.74, 6) is -0.793. The number of esters is 1. The van der Waals surface area contributed by atoms with Gasteiger partial charge in [0.1, 0.15) is 24.8 Å². The predicted molar refractivity (Wildman–Crippen MR) is 205 cm³/mol. The number of rotatable bonds is 16. The maximum atomic E-state index is 13.7. The van der Waals surface area contributed by atoms with Gasteiger partial charge in [-0.1, -0.05) is 72.8 Å². The molecule has 0 atom stereocenters. The first kappa shape index (κ1) is 39.1. The minimum absolute atomic E-state index is 0.0596. The molecule has 2 aromatic carbocycles. The van der Waals surface area contributed by atoms with Gasteiger partial charge < -0.3 is 14.4 Å². The third kappa shape index (κ3) is 12.8. The van der Waals surface area contributed by atoms with Gasteiger partial charge in [0, 0.05) is 51.0 Å². The molecule has 5 rings (SSSR count). The Morgan fingerprint density at radius 3 is 1.72 bits per heavy atom. The Kier molecular flexibility index (Phi) is 14.5. The van der Waals surface area contributed by atoms with E-state index >= 15 is 0 Å². The summed E-state index contributed by atoms with van der Waals surface area (Å²) < 4.78 is 11.7. The number of amides is 2. The van der Waals surface area contributed by atoms with Crippen molar-refractivity contribution in [3.8, 4) is 0 Å². The topological polar surface area (TPSA) is 105 Å². The fraction of sp³-hybridized carbons (Fsp3) is 0.419. The highest BCUT2D eigenvalue weighted by atomic mass is 16.6. The summed E-state index contributed by atoms with van der Waals surface area (Å²) in [6, 6.07) is 28.8. The van der Waals surface area contributed by atoms with E-state index in [1.54, 1.807) is 38.1 Å². The molecule has 10 nitrogen and oxygen atoms in total. The Morgan fingerprint density at radius 1 is 0.717 bits per heavy atom. The molecule has 0 N–H and O–H groups in total. The first-order valence-electron chi connectivity index (χ1n) is 18.7. The number of nitrogens with zero attached hydrogens (tertiary/aromatic N) is 5. The number of carbonyl (C=O) groups is 3. The highest BCUT2D eigenvalue weighted by Gasteiger charge is 2.32. The third-order valence-corrected chi connectivity index (χ3v) is 9.29. The number of hydrogen-bond acceptors (Lipinski definition) is 8. The molecule has 3 heterocycles. The lowest BCUT2D eigenvalue weighted by molar-refractivity contribution is -0.151. The Bertz CT molecular complexity index is 1610. The number of pyridine rings is 2. The molecule has 0 aliphatic carbocycles. The van der Waals surface area contributed by atoms with Crippen LogP contribution in [0.5, 0.6) is 0 Å². The molecule has 0 spiro atoms. The van der Waals surface area contributed by atoms with Gasteiger partial charge in [0.15, 0.2) is 0 Å². The molecule has 53 heavy (non-hydrogen) atoms. The zero-order chi connectivity index (χ0) is 37.5. The lowest BCUT2D eigenvalue weighted by atomic mass is 9.96. The number of hydrogen-bond donors (Lipinski definition) is 0. The van der Waals surface area contributed by atoms with E-state index in [0.29, 0.717) is 39.0 Å². The number of aryl methyl sites for hydroxylation is 2. The van der Waals surface area contributed by atoms with Crippen molar-refractivity contribution in [1.29, 1.82) is 0 Å². The van der Waals surface area contributed by atoms with Crippen molar-refractivity contribution in [2.24, 2.45) is 0 Å². The van der Waals surface area contributed by atoms with Crippen molar-refractivity contribution in [3.05, 3.63) is 132 Å². The first-order chi connectivity index (χ1) is 25.6. The van der Waals surface area contributed by atoms with Crippen LogP contribution in [0.1, 0.15) is 74.8 Å². The van der Waals surface area contributed by atoms with Crippen LogP contribution >= 0.6 is 0 Å². The van der Waals surface area contributed by atoms with Crippen molar-refractivity contribution in [1.82, 2.24) is 24.7 Å². The Hall–Kier alpha value is -5.09. The van der Waals surface area contributed by atoms with Gasteiger partial charge in [0.05, 0.1) is 6.04 Å². The van der Waals surface area contributed by atoms with Gasteiger partial charge in [0.25, 0.3) is 0 Å². The molecule has 1 saturated heterocycles. The minimum Gasteiger partial charge on any atom is -0.461 e. The fourth-order valence-corrected chi connectivity index (χ4v) is 6.69. The Morgan fingerprint density at radius 2 is 1.25 bits per heavy atom. The molecule has 0 radical (unpaired) electrons. The highest BCUT2D eigenvalue weighted by Crippen LogP contribution is 2.29. The number of ether oxygens (including phenoxy) is 2. The molecule has 280 valence electrons. The number of benzene rings is 2. The molecule has 2 amide bonds. The summed E-state index contributed by atoms with van der Waals surface area (Å²) in [4.78, 5) is 54.4. The second kappa shape index (κ2) is 19.7. The quantitative estimate of drug-likeness (QED) is 0.115. The van der Waals surface area contributed by atoms with E-state index in [4.69, 9.17) is 9.47 Å². The van der Waals surface area contributed by atoms with Gasteiger partial charge in [-0.2, -0.15) is 0 Å². The van der Waals surface area contributed by atoms with Crippen LogP contribution in [0.2, 0.25) is 0 Å². The van der Waals surface area contributed by atoms with Crippen molar-refractivity contribution in [2.45, 2.75) is 77.0 Å². The lowest BCUT2D eigenvalue weighted by Crippen LogP contribution is -2.53. The van der Waals surface area contributed by atoms with Gasteiger partial charge in [-0.25, -0.2) is 4.79 Å². The summed E-state index contributed by atoms with van der Waals surface area (Å²) in [5.41, 5.74) is 3.83. The van der Waals surface area contributed by atoms with Gasteiger partial charge in [-0.15, -0.1) is 0 Å². The van der Waals surface area contributed by atoms with E-state index in [0.717, 1.165) is 36.8 Å². The van der Waals surface area contributed by atoms with Crippen molar-refractivity contribution < 1.29 is 23.9 Å². The molecule has 1 aliphatic heterocycles. The van der Waals surface area contributed by atoms with Crippen molar-refractivity contribution >= 4 is 18.0 Å². The fourth-order valence-electron chi connectivity index (χ4n) is 6.69. The van der Waals surface area contributed by atoms with E-state index in [9.17, 15) is 14.4 Å². The van der Waals surface area contributed by atoms with Crippen molar-refractivity contribution in [3.63, 3.8) is 0 Å². The molecule has 10 heteroatoms. The third-order valence-electron chi connectivity index (χ3n) is 9.29. The van der Waals surface area contributed by atoms with E-state index in [2.05, 4.69) is 63.4 Å². The predicted octanol–water partition coefficient (Wildman–Crippen LogP) is 6.90. The molecule has 1 aliphatic rings. The average molecular weight is 720 g/mol. The van der Waals surface area contributed by atoms with Gasteiger partial charge in [-0.05, 0) is 93.7 Å². The SMILES string of the molecule is CC(C)(C)OC(=O)N(CC(=O)OC(CCCc1cccnc1)CCCc1cccnc1)CC(=O)N1CCN(C(c2ccccc2)c2ccccc2)CC1. The zero-order valence-electron chi connectivity index (χ0n) is 31.3. The van der Waals surface area contributed by atoms with Crippen LogP contribution in [-0.2, 0) is 31.9 Å². The smallest absolute Gasteiger partial charge is 0.411 e. The number of piperazine rings is 1. The number of aromatic nitrogens is 2. The maximum absolute atomic E-state index is 13.7. The van der Waals surface area contributed by atoms with E-state index in [1.807, 2.05) is 48.8 Å². The number of carbonyl (C=O) groups excluding carboxylic acids is 3. The van der Waals surface area contributed by atoms with Gasteiger partial charge in [-0.3, -0.25) is 29.4 Å². The first-order valence-corrected chi connectivity index (χ1v) is 18.7. The summed E-state index contributed by atoms with van der Waals surface area (Å²) >= 11 is 0. The van der Waals surface area contributed by atoms with E-state index in [-0.39, 0.29) is 31.1 Å². The molecule has 0 saturated carbocycles. The van der Waals surface area contributed by atoms with E-state index < -0.39 is 17.7 Å². The molecule has 1 fully saturated rings. The van der Waals surface area contributed by atoms with Crippen molar-refractivity contribution in [2.75, 3.05) is 39.3 Å². The second-order valence-corrected chi connectivity index (χ2v) is 14.6. The van der Waals surface area contributed by atoms with Crippen LogP contribution < -0.4 is 0 Å². The normalized spacial score (nSPS) is 13.6. The molecule has 0 bridgehead atoms. The minimum atomic E-state index is -0.807. The highest BCUT2D eigenvalue weighted by molar-refractivity contribution is 5.85. The summed E-state index contributed by atoms with van der Waals surface area (Å²) in [6.07, 6.45) is 10.7. The second-order valence-electron chi connectivity index (χ2n) is 14.6. The standard InChI is InChI=1S/C43H53N5O5/c1-43(2,3)53-42(51)48(32-39(49)46-26-28-47(29-27-46)41(36-18-6-4-7-19-36)37-20-8-5-9-21-37)33-40(50)52-38(22-10-14-34-16-12-24-44-30-34)23-11-15-35-17-13-25-45-31-35/h4-9,12-13,16-21,24-25,30-31,38,41H,10-11,14-15,22-23,26-29,32-33H2,1-3H3. The summed E-state index contributed by atoms with van der Waals surface area (Å²) in [6.45, 7) is 6.94. The molecular formula is C43H53N5O5. The molecule has 4 aromatic rings. The largest absolute Gasteiger partial charge is 0.461 e. The molecular weight excluding hydrogens is 667 g/mol. The lowest BCUT2D eigenvalue weighted by Gasteiger charge is -2.40. The summed E-state index contributed by atoms with van der Waals surface area (Å²) in [5, 5.41) is 0. The maximum Gasteiger partial charge on any atom is 0.411 e. The monoisotopic (exact) mass is 719 g/mol. The summed E-state index contributed by atoms with van der Waals surface area (Å²) in [7, 11) is 0. The Labute approximate surface area is 314 Å². The average Bonchev–Trinajstić information content (AvgIpc) is 3.16. The Balaban J connectivity index is 1.21. The van der Waals surface area contributed by atoms with Crippen LogP contribution in [0.15, 0.2) is 110 Å². The van der Waals surface area contributed by atoms with Crippen LogP contribution in [0.25, 0.3) is 0 Å². The molecule has 2 aromatic heterocycles. The van der Waals surface area contributed by atoms with Crippen LogP contribution in [0.3, 0.4) is 0 Å². The molecule has 0 unspecified atom stereocenters. The van der Waals surface area contributed by atoms with Gasteiger partial charge >= 0.3 is 12.1 Å². The van der Waals surface area contributed by atoms with Crippen LogP contribution in [0.4, 0.5) is 4.79 Å². The van der Waals surface area contributed by atoms with Crippen LogP contribution in [0, 0.1) is 0 Å². The van der Waals surface area contributed by atoms with E-state index in [1.165, 1.54) is 16.0 Å². The van der Waals surface area contributed by atoms with Gasteiger partial charge in [0.2, 0.25) is 5.91 Å².